The van der Waals surface area contributed by atoms with Crippen LogP contribution < -0.4 is 10.1 Å². The van der Waals surface area contributed by atoms with Crippen LogP contribution in [0.1, 0.15) is 33.3 Å². The third kappa shape index (κ3) is 6.62. The van der Waals surface area contributed by atoms with Crippen LogP contribution >= 0.6 is 12.6 Å². The molecule has 0 amide bonds. The smallest absolute Gasteiger partial charge is 0.165 e. The topological polar surface area (TPSA) is 38.3 Å². The van der Waals surface area contributed by atoms with Crippen LogP contribution in [0.2, 0.25) is 0 Å². The molecule has 0 heterocycles. The summed E-state index contributed by atoms with van der Waals surface area (Å²) >= 11 is 4.22. The van der Waals surface area contributed by atoms with Crippen LogP contribution in [0.4, 0.5) is 4.39 Å². The van der Waals surface area contributed by atoms with Crippen LogP contribution in [-0.4, -0.2) is 23.8 Å². The first-order chi connectivity index (χ1) is 10.3. The fourth-order valence-electron chi connectivity index (χ4n) is 1.68. The summed E-state index contributed by atoms with van der Waals surface area (Å²) in [7, 11) is 0. The zero-order valence-corrected chi connectivity index (χ0v) is 14.4. The predicted molar refractivity (Wildman–Crippen MR) is 91.8 cm³/mol. The quantitative estimate of drug-likeness (QED) is 0.435. The van der Waals surface area contributed by atoms with Crippen LogP contribution in [0.15, 0.2) is 24.3 Å². The standard InChI is InChI=1S/C17H24FNO2S/c1-11(2)16(20)8-6-14-5-7-15(18)17(9-14)21-12(3)10-19-13(4)22/h5-9,11-13,19,22H,10H2,1-4H3/b8-6+/t12-,13?/m0/s1. The van der Waals surface area contributed by atoms with Crippen molar-refractivity contribution in [3.63, 3.8) is 0 Å². The average molecular weight is 325 g/mol. The van der Waals surface area contributed by atoms with Gasteiger partial charge >= 0.3 is 0 Å². The fraction of sp³-hybridized carbons (Fsp3) is 0.471. The van der Waals surface area contributed by atoms with Crippen LogP contribution in [0.25, 0.3) is 6.08 Å². The van der Waals surface area contributed by atoms with Crippen molar-refractivity contribution in [2.45, 2.75) is 39.2 Å². The lowest BCUT2D eigenvalue weighted by Crippen LogP contribution is -2.32. The van der Waals surface area contributed by atoms with E-state index in [9.17, 15) is 9.18 Å². The molecule has 0 fully saturated rings. The molecule has 1 N–H and O–H groups in total. The molecule has 0 aliphatic heterocycles. The third-order valence-electron chi connectivity index (χ3n) is 2.99. The number of carbonyl (C=O) groups excluding carboxylic acids is 1. The normalized spacial score (nSPS) is 14.3. The second-order valence-electron chi connectivity index (χ2n) is 5.59. The highest BCUT2D eigenvalue weighted by molar-refractivity contribution is 7.80. The molecule has 1 unspecified atom stereocenters. The van der Waals surface area contributed by atoms with Gasteiger partial charge < -0.3 is 10.1 Å². The molecule has 0 aliphatic carbocycles. The summed E-state index contributed by atoms with van der Waals surface area (Å²) in [6, 6.07) is 4.56. The number of halogens is 1. The number of thiol groups is 1. The third-order valence-corrected chi connectivity index (χ3v) is 3.18. The Labute approximate surface area is 137 Å². The molecule has 3 nitrogen and oxygen atoms in total. The van der Waals surface area contributed by atoms with Crippen molar-refractivity contribution in [3.05, 3.63) is 35.7 Å². The van der Waals surface area contributed by atoms with Crippen molar-refractivity contribution in [1.82, 2.24) is 5.32 Å². The zero-order valence-electron chi connectivity index (χ0n) is 13.5. The molecule has 0 bridgehead atoms. The molecular formula is C17H24FNO2S. The maximum Gasteiger partial charge on any atom is 0.165 e. The van der Waals surface area contributed by atoms with E-state index in [0.29, 0.717) is 6.54 Å². The average Bonchev–Trinajstić information content (AvgIpc) is 2.45. The highest BCUT2D eigenvalue weighted by atomic mass is 32.1. The first-order valence-corrected chi connectivity index (χ1v) is 7.90. The van der Waals surface area contributed by atoms with Gasteiger partial charge in [-0.1, -0.05) is 26.0 Å². The minimum absolute atomic E-state index is 0.0344. The van der Waals surface area contributed by atoms with E-state index < -0.39 is 5.82 Å². The summed E-state index contributed by atoms with van der Waals surface area (Å²) < 4.78 is 19.4. The lowest BCUT2D eigenvalue weighted by molar-refractivity contribution is -0.117. The van der Waals surface area contributed by atoms with Crippen LogP contribution in [0.3, 0.4) is 0 Å². The molecule has 1 aromatic rings. The van der Waals surface area contributed by atoms with Gasteiger partial charge in [-0.3, -0.25) is 4.79 Å². The number of benzene rings is 1. The van der Waals surface area contributed by atoms with E-state index in [1.807, 2.05) is 27.7 Å². The molecule has 0 saturated heterocycles. The summed E-state index contributed by atoms with van der Waals surface area (Å²) in [6.07, 6.45) is 2.99. The van der Waals surface area contributed by atoms with Crippen molar-refractivity contribution < 1.29 is 13.9 Å². The zero-order chi connectivity index (χ0) is 16.7. The van der Waals surface area contributed by atoms with Crippen molar-refractivity contribution in [1.29, 1.82) is 0 Å². The number of nitrogens with one attached hydrogen (secondary N) is 1. The summed E-state index contributed by atoms with van der Waals surface area (Å²) in [5.74, 6) is -0.257. The number of allylic oxidation sites excluding steroid dienone is 1. The van der Waals surface area contributed by atoms with E-state index in [1.165, 1.54) is 12.1 Å². The Hall–Kier alpha value is -1.33. The van der Waals surface area contributed by atoms with Crippen LogP contribution in [0.5, 0.6) is 5.75 Å². The molecule has 5 heteroatoms. The van der Waals surface area contributed by atoms with E-state index in [1.54, 1.807) is 18.2 Å². The van der Waals surface area contributed by atoms with Gasteiger partial charge in [0.05, 0.1) is 0 Å². The Morgan fingerprint density at radius 3 is 2.64 bits per heavy atom. The summed E-state index contributed by atoms with van der Waals surface area (Å²) in [5.41, 5.74) is 0.730. The van der Waals surface area contributed by atoms with Gasteiger partial charge in [-0.05, 0) is 37.6 Å². The number of ketones is 1. The number of hydrogen-bond acceptors (Lipinski definition) is 4. The van der Waals surface area contributed by atoms with Gasteiger partial charge in [0.15, 0.2) is 17.3 Å². The molecule has 0 saturated carbocycles. The second-order valence-corrected chi connectivity index (χ2v) is 6.37. The molecule has 0 aromatic heterocycles. The SMILES string of the molecule is CC(S)NC[C@H](C)Oc1cc(/C=C/C(=O)C(C)C)ccc1F. The Bertz CT molecular complexity index is 529. The van der Waals surface area contributed by atoms with Gasteiger partial charge in [-0.2, -0.15) is 12.6 Å². The Balaban J connectivity index is 2.75. The molecule has 1 rings (SSSR count). The first kappa shape index (κ1) is 18.7. The van der Waals surface area contributed by atoms with E-state index in [2.05, 4.69) is 17.9 Å². The van der Waals surface area contributed by atoms with Gasteiger partial charge in [0.2, 0.25) is 0 Å². The molecule has 1 aromatic carbocycles. The van der Waals surface area contributed by atoms with Crippen molar-refractivity contribution >= 4 is 24.5 Å². The highest BCUT2D eigenvalue weighted by Crippen LogP contribution is 2.21. The van der Waals surface area contributed by atoms with Crippen molar-refractivity contribution in [2.75, 3.05) is 6.54 Å². The summed E-state index contributed by atoms with van der Waals surface area (Å²) in [4.78, 5) is 11.6. The fourth-order valence-corrected chi connectivity index (χ4v) is 1.79. The Morgan fingerprint density at radius 1 is 1.36 bits per heavy atom. The largest absolute Gasteiger partial charge is 0.486 e. The Kier molecular flexibility index (Phi) is 7.62. The number of ether oxygens (including phenoxy) is 1. The first-order valence-electron chi connectivity index (χ1n) is 7.39. The number of hydrogen-bond donors (Lipinski definition) is 2. The Morgan fingerprint density at radius 2 is 2.05 bits per heavy atom. The van der Waals surface area contributed by atoms with Gasteiger partial charge in [0.25, 0.3) is 0 Å². The van der Waals surface area contributed by atoms with Gasteiger partial charge in [-0.15, -0.1) is 0 Å². The minimum Gasteiger partial charge on any atom is -0.486 e. The lowest BCUT2D eigenvalue weighted by Gasteiger charge is -2.17. The molecule has 122 valence electrons. The molecule has 0 spiro atoms. The maximum atomic E-state index is 13.8. The van der Waals surface area contributed by atoms with Crippen LogP contribution in [-0.2, 0) is 4.79 Å². The van der Waals surface area contributed by atoms with Crippen molar-refractivity contribution in [3.8, 4) is 5.75 Å². The predicted octanol–water partition coefficient (Wildman–Crippen LogP) is 3.70. The molecule has 0 radical (unpaired) electrons. The molecule has 2 atom stereocenters. The van der Waals surface area contributed by atoms with E-state index in [-0.39, 0.29) is 28.9 Å². The second kappa shape index (κ2) is 8.96. The monoisotopic (exact) mass is 325 g/mol. The van der Waals surface area contributed by atoms with Crippen LogP contribution in [0, 0.1) is 11.7 Å². The minimum atomic E-state index is -0.418. The summed E-state index contributed by atoms with van der Waals surface area (Å²) in [6.45, 7) is 8.00. The molecular weight excluding hydrogens is 301 g/mol. The van der Waals surface area contributed by atoms with Gasteiger partial charge in [0.1, 0.15) is 6.10 Å². The molecule has 0 aliphatic rings. The lowest BCUT2D eigenvalue weighted by atomic mass is 10.1. The highest BCUT2D eigenvalue weighted by Gasteiger charge is 2.10. The van der Waals surface area contributed by atoms with Gasteiger partial charge in [-0.25, -0.2) is 4.39 Å². The summed E-state index contributed by atoms with van der Waals surface area (Å²) in [5, 5.41) is 3.16. The number of carbonyl (C=O) groups is 1. The van der Waals surface area contributed by atoms with Gasteiger partial charge in [0, 0.05) is 17.8 Å². The van der Waals surface area contributed by atoms with E-state index in [4.69, 9.17) is 4.74 Å². The number of rotatable bonds is 8. The maximum absolute atomic E-state index is 13.8. The van der Waals surface area contributed by atoms with Crippen molar-refractivity contribution in [2.24, 2.45) is 5.92 Å². The van der Waals surface area contributed by atoms with E-state index in [0.717, 1.165) is 5.56 Å². The van der Waals surface area contributed by atoms with E-state index >= 15 is 0 Å². The molecule has 22 heavy (non-hydrogen) atoms.